The van der Waals surface area contributed by atoms with Crippen LogP contribution in [-0.2, 0) is 4.84 Å². The molecule has 0 radical (unpaired) electrons. The summed E-state index contributed by atoms with van der Waals surface area (Å²) in [6.45, 7) is 6.45. The summed E-state index contributed by atoms with van der Waals surface area (Å²) in [6.07, 6.45) is 2.49. The van der Waals surface area contributed by atoms with Gasteiger partial charge in [0, 0.05) is 12.2 Å². The van der Waals surface area contributed by atoms with Crippen LogP contribution in [0.15, 0.2) is 0 Å². The van der Waals surface area contributed by atoms with Gasteiger partial charge in [0.15, 0.2) is 0 Å². The van der Waals surface area contributed by atoms with E-state index in [1.807, 2.05) is 20.8 Å². The van der Waals surface area contributed by atoms with Crippen LogP contribution < -0.4 is 5.59 Å². The van der Waals surface area contributed by atoms with Gasteiger partial charge < -0.3 is 5.11 Å². The minimum Gasteiger partial charge on any atom is -0.396 e. The zero-order chi connectivity index (χ0) is 12.6. The third kappa shape index (κ3) is 6.58. The van der Waals surface area contributed by atoms with Crippen LogP contribution in [0.4, 0.5) is 0 Å². The maximum atomic E-state index is 11.4. The fourth-order valence-corrected chi connectivity index (χ4v) is 0.897. The van der Waals surface area contributed by atoms with Crippen LogP contribution in [-0.4, -0.2) is 40.9 Å². The number of aliphatic hydroxyl groups excluding tert-OH is 1. The number of nitroso groups, excluding NO2 is 1. The molecule has 0 rings (SSSR count). The van der Waals surface area contributed by atoms with Gasteiger partial charge in [-0.3, -0.25) is 0 Å². The van der Waals surface area contributed by atoms with Crippen molar-refractivity contribution in [3.63, 3.8) is 0 Å². The van der Waals surface area contributed by atoms with Crippen LogP contribution in [0.25, 0.3) is 0 Å². The predicted octanol–water partition coefficient (Wildman–Crippen LogP) is 1.01. The summed E-state index contributed by atoms with van der Waals surface area (Å²) >= 11 is 0. The van der Waals surface area contributed by atoms with Crippen molar-refractivity contribution in [1.29, 1.82) is 0 Å². The van der Waals surface area contributed by atoms with E-state index >= 15 is 0 Å². The third-order valence-corrected chi connectivity index (χ3v) is 2.29. The van der Waals surface area contributed by atoms with Crippen molar-refractivity contribution in [2.45, 2.75) is 45.6 Å². The quantitative estimate of drug-likeness (QED) is 0.373. The Labute approximate surface area is 97.0 Å². The van der Waals surface area contributed by atoms with Crippen molar-refractivity contribution < 1.29 is 14.9 Å². The molecule has 96 valence electrons. The Bertz CT molecular complexity index is 204. The molecule has 0 saturated heterocycles. The molecule has 0 atom stereocenters. The molecule has 0 aromatic rings. The standard InChI is InChI=1S/C10H24N3O3/c1-10(2,3)12(4)13(15)11-16-9-7-5-6-8-14/h14H,5-9H2,1-4H3,(H,11,15)/q+1. The lowest BCUT2D eigenvalue weighted by molar-refractivity contribution is -0.795. The van der Waals surface area contributed by atoms with Gasteiger partial charge in [0.05, 0.1) is 24.1 Å². The van der Waals surface area contributed by atoms with Crippen LogP contribution >= 0.6 is 0 Å². The van der Waals surface area contributed by atoms with Crippen molar-refractivity contribution in [2.75, 3.05) is 20.3 Å². The van der Waals surface area contributed by atoms with Crippen LogP contribution in [0.2, 0.25) is 0 Å². The third-order valence-electron chi connectivity index (χ3n) is 2.29. The van der Waals surface area contributed by atoms with E-state index in [0.29, 0.717) is 11.6 Å². The first kappa shape index (κ1) is 15.1. The summed E-state index contributed by atoms with van der Waals surface area (Å²) in [5.41, 5.74) is 2.05. The molecule has 6 heteroatoms. The molecule has 0 unspecified atom stereocenters. The number of nitrogens with zero attached hydrogens (tertiary/aromatic N) is 2. The second kappa shape index (κ2) is 7.40. The van der Waals surface area contributed by atoms with Crippen molar-refractivity contribution in [3.05, 3.63) is 4.91 Å². The zero-order valence-electron chi connectivity index (χ0n) is 10.7. The van der Waals surface area contributed by atoms with Crippen LogP contribution in [0.1, 0.15) is 40.0 Å². The Morgan fingerprint density at radius 1 is 1.31 bits per heavy atom. The van der Waals surface area contributed by atoms with E-state index in [-0.39, 0.29) is 12.1 Å². The highest BCUT2D eigenvalue weighted by Gasteiger charge is 2.29. The molecule has 0 aromatic heterocycles. The van der Waals surface area contributed by atoms with Crippen molar-refractivity contribution in [3.8, 4) is 0 Å². The summed E-state index contributed by atoms with van der Waals surface area (Å²) in [6, 6.07) is 0. The maximum absolute atomic E-state index is 11.4. The second-order valence-corrected chi connectivity index (χ2v) is 4.69. The summed E-state index contributed by atoms with van der Waals surface area (Å²) in [5.74, 6) is 0. The van der Waals surface area contributed by atoms with Crippen LogP contribution in [0.5, 0.6) is 0 Å². The average molecular weight is 234 g/mol. The Morgan fingerprint density at radius 3 is 2.44 bits per heavy atom. The minimum absolute atomic E-state index is 0.202. The minimum atomic E-state index is -0.255. The lowest BCUT2D eigenvalue weighted by Crippen LogP contribution is -2.49. The lowest BCUT2D eigenvalue weighted by atomic mass is 10.1. The molecule has 0 amide bonds. The summed E-state index contributed by atoms with van der Waals surface area (Å²) in [4.78, 5) is 17.0. The van der Waals surface area contributed by atoms with Gasteiger partial charge in [-0.25, -0.2) is 4.84 Å². The van der Waals surface area contributed by atoms with E-state index < -0.39 is 0 Å². The number of hydrazine groups is 2. The molecule has 0 saturated carbocycles. The second-order valence-electron chi connectivity index (χ2n) is 4.69. The van der Waals surface area contributed by atoms with Gasteiger partial charge >= 0.3 is 0 Å². The molecular weight excluding hydrogens is 210 g/mol. The number of aliphatic hydroxyl groups is 1. The topological polar surface area (TPSA) is 64.8 Å². The molecule has 0 aliphatic rings. The number of hydrogen-bond donors (Lipinski definition) is 2. The van der Waals surface area contributed by atoms with Gasteiger partial charge in [-0.05, 0) is 40.0 Å². The molecule has 0 heterocycles. The first-order valence-corrected chi connectivity index (χ1v) is 5.59. The highest BCUT2D eigenvalue weighted by atomic mass is 16.7. The number of nitrogens with one attached hydrogen (secondary N) is 1. The molecule has 0 spiro atoms. The van der Waals surface area contributed by atoms with Crippen LogP contribution in [0, 0.1) is 4.91 Å². The highest BCUT2D eigenvalue weighted by molar-refractivity contribution is 4.64. The fourth-order valence-electron chi connectivity index (χ4n) is 0.897. The van der Waals surface area contributed by atoms with E-state index in [4.69, 9.17) is 9.94 Å². The first-order chi connectivity index (χ1) is 7.39. The maximum Gasteiger partial charge on any atom is 0.274 e. The van der Waals surface area contributed by atoms with Gasteiger partial charge in [0.1, 0.15) is 0 Å². The fraction of sp³-hybridized carbons (Fsp3) is 1.00. The van der Waals surface area contributed by atoms with Crippen molar-refractivity contribution in [2.24, 2.45) is 0 Å². The number of hydrogen-bond acceptors (Lipinski definition) is 3. The van der Waals surface area contributed by atoms with Gasteiger partial charge in [-0.2, -0.15) is 0 Å². The average Bonchev–Trinajstić information content (AvgIpc) is 2.20. The van der Waals surface area contributed by atoms with Gasteiger partial charge in [-0.1, -0.05) is 0 Å². The van der Waals surface area contributed by atoms with E-state index in [0.717, 1.165) is 19.3 Å². The monoisotopic (exact) mass is 234 g/mol. The number of unbranched alkanes of at least 4 members (excludes halogenated alkanes) is 2. The van der Waals surface area contributed by atoms with Crippen molar-refractivity contribution >= 4 is 0 Å². The molecule has 0 bridgehead atoms. The van der Waals surface area contributed by atoms with Crippen LogP contribution in [0.3, 0.4) is 0 Å². The van der Waals surface area contributed by atoms with E-state index in [2.05, 4.69) is 5.59 Å². The summed E-state index contributed by atoms with van der Waals surface area (Å²) in [5, 5.41) is 10.1. The van der Waals surface area contributed by atoms with E-state index in [1.54, 1.807) is 7.05 Å². The molecule has 0 aliphatic heterocycles. The number of rotatable bonds is 8. The van der Waals surface area contributed by atoms with Gasteiger partial charge in [0.25, 0.3) is 4.98 Å². The molecule has 6 nitrogen and oxygen atoms in total. The molecular formula is C10H24N3O3+. The predicted molar refractivity (Wildman–Crippen MR) is 61.2 cm³/mol. The summed E-state index contributed by atoms with van der Waals surface area (Å²) < 4.78 is 0. The van der Waals surface area contributed by atoms with E-state index in [9.17, 15) is 4.91 Å². The largest absolute Gasteiger partial charge is 0.396 e. The molecule has 16 heavy (non-hydrogen) atoms. The molecule has 0 fully saturated rings. The Kier molecular flexibility index (Phi) is 7.00. The first-order valence-electron chi connectivity index (χ1n) is 5.59. The van der Waals surface area contributed by atoms with E-state index in [1.165, 1.54) is 5.01 Å². The van der Waals surface area contributed by atoms with Gasteiger partial charge in [0.2, 0.25) is 0 Å². The van der Waals surface area contributed by atoms with Gasteiger partial charge in [-0.15, -0.1) is 5.01 Å². The normalized spacial score (nSPS) is 11.3. The Balaban J connectivity index is 3.58. The summed E-state index contributed by atoms with van der Waals surface area (Å²) in [7, 11) is 1.69. The Morgan fingerprint density at radius 2 is 1.94 bits per heavy atom. The highest BCUT2D eigenvalue weighted by Crippen LogP contribution is 2.08. The SMILES string of the molecule is CN([N+](=O)NOCCCCCO)C(C)(C)C. The Hall–Kier alpha value is -0.880. The smallest absolute Gasteiger partial charge is 0.274 e. The molecule has 0 aromatic carbocycles. The molecule has 2 N–H and O–H groups in total. The van der Waals surface area contributed by atoms with Crippen molar-refractivity contribution in [1.82, 2.24) is 10.6 Å². The molecule has 0 aliphatic carbocycles. The zero-order valence-corrected chi connectivity index (χ0v) is 10.7. The lowest BCUT2D eigenvalue weighted by Gasteiger charge is -2.22.